The minimum absolute atomic E-state index is 0.153. The molecule has 2 atom stereocenters. The summed E-state index contributed by atoms with van der Waals surface area (Å²) in [5, 5.41) is 0. The Kier molecular flexibility index (Phi) is 8.17. The molecule has 0 aromatic heterocycles. The summed E-state index contributed by atoms with van der Waals surface area (Å²) in [5.41, 5.74) is 2.43. The number of aryl methyl sites for hydroxylation is 1. The molecule has 0 amide bonds. The maximum absolute atomic E-state index is 14.0. The van der Waals surface area contributed by atoms with Crippen LogP contribution in [0.15, 0.2) is 36.4 Å². The molecular formula is C26H32F2O2. The second-order valence-electron chi connectivity index (χ2n) is 8.07. The molecule has 1 fully saturated rings. The van der Waals surface area contributed by atoms with Crippen LogP contribution in [0, 0.1) is 18.6 Å². The first kappa shape index (κ1) is 22.6. The van der Waals surface area contributed by atoms with Crippen molar-refractivity contribution in [1.82, 2.24) is 0 Å². The Morgan fingerprint density at radius 3 is 1.97 bits per heavy atom. The van der Waals surface area contributed by atoms with Crippen LogP contribution >= 0.6 is 0 Å². The molecule has 4 heteroatoms. The first-order valence-corrected chi connectivity index (χ1v) is 11.1. The van der Waals surface area contributed by atoms with E-state index in [0.717, 1.165) is 49.7 Å². The number of ether oxygens (including phenoxy) is 2. The van der Waals surface area contributed by atoms with Crippen molar-refractivity contribution < 1.29 is 18.3 Å². The van der Waals surface area contributed by atoms with Crippen LogP contribution in [0.1, 0.15) is 80.9 Å². The Morgan fingerprint density at radius 2 is 1.40 bits per heavy atom. The summed E-state index contributed by atoms with van der Waals surface area (Å²) in [6.07, 6.45) is 9.98. The lowest BCUT2D eigenvalue weighted by molar-refractivity contribution is -0.0704. The van der Waals surface area contributed by atoms with Gasteiger partial charge < -0.3 is 9.47 Å². The lowest BCUT2D eigenvalue weighted by Gasteiger charge is -2.15. The zero-order valence-corrected chi connectivity index (χ0v) is 18.2. The van der Waals surface area contributed by atoms with Gasteiger partial charge in [0.2, 0.25) is 0 Å². The van der Waals surface area contributed by atoms with Crippen molar-refractivity contribution in [3.8, 4) is 0 Å². The molecule has 0 bridgehead atoms. The van der Waals surface area contributed by atoms with Crippen LogP contribution in [0.25, 0.3) is 12.2 Å². The summed E-state index contributed by atoms with van der Waals surface area (Å²) in [6.45, 7) is 5.94. The summed E-state index contributed by atoms with van der Waals surface area (Å²) in [7, 11) is 0. The average Bonchev–Trinajstić information content (AvgIpc) is 3.17. The van der Waals surface area contributed by atoms with Crippen LogP contribution in [0.3, 0.4) is 0 Å². The minimum Gasteiger partial charge on any atom is -0.342 e. The second kappa shape index (κ2) is 10.8. The van der Waals surface area contributed by atoms with E-state index in [1.54, 1.807) is 31.2 Å². The van der Waals surface area contributed by atoms with Crippen molar-refractivity contribution in [3.63, 3.8) is 0 Å². The lowest BCUT2D eigenvalue weighted by Crippen LogP contribution is -2.22. The first-order chi connectivity index (χ1) is 14.5. The smallest absolute Gasteiger partial charge is 0.184 e. The highest BCUT2D eigenvalue weighted by molar-refractivity contribution is 5.70. The van der Waals surface area contributed by atoms with Crippen molar-refractivity contribution in [3.05, 3.63) is 70.3 Å². The minimum atomic E-state index is -0.813. The Morgan fingerprint density at radius 1 is 0.800 bits per heavy atom. The average molecular weight is 415 g/mol. The van der Waals surface area contributed by atoms with Crippen molar-refractivity contribution in [2.45, 2.75) is 77.8 Å². The van der Waals surface area contributed by atoms with Crippen molar-refractivity contribution in [1.29, 1.82) is 0 Å². The molecule has 1 saturated heterocycles. The molecule has 30 heavy (non-hydrogen) atoms. The molecule has 2 aromatic carbocycles. The predicted molar refractivity (Wildman–Crippen MR) is 118 cm³/mol. The molecule has 2 unspecified atom stereocenters. The number of hydrogen-bond donors (Lipinski definition) is 0. The number of hydrogen-bond acceptors (Lipinski definition) is 2. The topological polar surface area (TPSA) is 18.5 Å². The molecule has 0 spiro atoms. The van der Waals surface area contributed by atoms with E-state index in [9.17, 15) is 8.78 Å². The molecule has 0 radical (unpaired) electrons. The predicted octanol–water partition coefficient (Wildman–Crippen LogP) is 7.61. The van der Waals surface area contributed by atoms with Gasteiger partial charge in [-0.1, -0.05) is 88.1 Å². The number of halogens is 2. The molecule has 1 heterocycles. The van der Waals surface area contributed by atoms with Gasteiger partial charge in [0.15, 0.2) is 17.9 Å². The Labute approximate surface area is 178 Å². The molecular weight excluding hydrogens is 382 g/mol. The van der Waals surface area contributed by atoms with E-state index in [1.807, 2.05) is 24.3 Å². The van der Waals surface area contributed by atoms with E-state index in [0.29, 0.717) is 5.56 Å². The molecule has 0 aliphatic carbocycles. The maximum atomic E-state index is 14.0. The Balaban J connectivity index is 1.67. The summed E-state index contributed by atoms with van der Waals surface area (Å²) >= 11 is 0. The van der Waals surface area contributed by atoms with Gasteiger partial charge in [0.05, 0.1) is 12.2 Å². The van der Waals surface area contributed by atoms with Crippen molar-refractivity contribution in [2.24, 2.45) is 0 Å². The molecule has 2 nitrogen and oxygen atoms in total. The zero-order chi connectivity index (χ0) is 21.5. The molecule has 1 aliphatic heterocycles. The van der Waals surface area contributed by atoms with Crippen molar-refractivity contribution in [2.75, 3.05) is 0 Å². The summed E-state index contributed by atoms with van der Waals surface area (Å²) in [4.78, 5) is 0. The van der Waals surface area contributed by atoms with Crippen LogP contribution in [-0.4, -0.2) is 12.2 Å². The van der Waals surface area contributed by atoms with E-state index in [1.165, 1.54) is 0 Å². The Bertz CT molecular complexity index is 829. The van der Waals surface area contributed by atoms with E-state index < -0.39 is 11.6 Å². The van der Waals surface area contributed by atoms with Crippen molar-refractivity contribution >= 4 is 12.2 Å². The van der Waals surface area contributed by atoms with Gasteiger partial charge in [-0.2, -0.15) is 0 Å². The molecule has 3 rings (SSSR count). The van der Waals surface area contributed by atoms with E-state index in [4.69, 9.17) is 9.47 Å². The normalized spacial score (nSPS) is 21.6. The third-order valence-corrected chi connectivity index (χ3v) is 5.67. The fourth-order valence-electron chi connectivity index (χ4n) is 3.74. The first-order valence-electron chi connectivity index (χ1n) is 11.1. The molecule has 0 N–H and O–H groups in total. The standard InChI is InChI=1S/C26H32F2O2/c1-4-6-8-22-23(9-7-5-2)30-26(29-22)21-16-12-19(13-17-21)11-15-20-14-10-18(3)24(27)25(20)28/h10-17,22-23,26H,4-9H2,1-3H3. The highest BCUT2D eigenvalue weighted by Crippen LogP contribution is 2.35. The third-order valence-electron chi connectivity index (χ3n) is 5.67. The third kappa shape index (κ3) is 5.55. The second-order valence-corrected chi connectivity index (χ2v) is 8.07. The maximum Gasteiger partial charge on any atom is 0.184 e. The summed E-state index contributed by atoms with van der Waals surface area (Å²) in [5.74, 6) is -1.61. The van der Waals surface area contributed by atoms with Gasteiger partial charge in [-0.3, -0.25) is 0 Å². The highest BCUT2D eigenvalue weighted by atomic mass is 19.2. The van der Waals surface area contributed by atoms with Crippen LogP contribution in [-0.2, 0) is 9.47 Å². The van der Waals surface area contributed by atoms with Crippen LogP contribution < -0.4 is 0 Å². The van der Waals surface area contributed by atoms with Crippen LogP contribution in [0.4, 0.5) is 8.78 Å². The van der Waals surface area contributed by atoms with Crippen LogP contribution in [0.2, 0.25) is 0 Å². The SMILES string of the molecule is CCCCC1OC(c2ccc(C=Cc3ccc(C)c(F)c3F)cc2)OC1CCCC. The summed E-state index contributed by atoms with van der Waals surface area (Å²) in [6, 6.07) is 11.0. The number of benzene rings is 2. The van der Waals surface area contributed by atoms with E-state index in [2.05, 4.69) is 13.8 Å². The monoisotopic (exact) mass is 414 g/mol. The molecule has 0 saturated carbocycles. The molecule has 2 aromatic rings. The van der Waals surface area contributed by atoms with Gasteiger partial charge in [-0.25, -0.2) is 8.78 Å². The molecule has 1 aliphatic rings. The fraction of sp³-hybridized carbons (Fsp3) is 0.462. The van der Waals surface area contributed by atoms with E-state index >= 15 is 0 Å². The van der Waals surface area contributed by atoms with Gasteiger partial charge >= 0.3 is 0 Å². The zero-order valence-electron chi connectivity index (χ0n) is 18.2. The van der Waals surface area contributed by atoms with Gasteiger partial charge in [-0.15, -0.1) is 0 Å². The van der Waals surface area contributed by atoms with Gasteiger partial charge in [0.1, 0.15) is 0 Å². The van der Waals surface area contributed by atoms with Gasteiger partial charge in [0, 0.05) is 11.1 Å². The molecule has 162 valence electrons. The van der Waals surface area contributed by atoms with E-state index in [-0.39, 0.29) is 24.1 Å². The van der Waals surface area contributed by atoms with Crippen LogP contribution in [0.5, 0.6) is 0 Å². The summed E-state index contributed by atoms with van der Waals surface area (Å²) < 4.78 is 40.2. The fourth-order valence-corrected chi connectivity index (χ4v) is 3.74. The number of rotatable bonds is 9. The Hall–Kier alpha value is -2.04. The van der Waals surface area contributed by atoms with Gasteiger partial charge in [-0.05, 0) is 30.9 Å². The lowest BCUT2D eigenvalue weighted by atomic mass is 10.0. The quantitative estimate of drug-likeness (QED) is 0.393. The largest absolute Gasteiger partial charge is 0.342 e. The highest BCUT2D eigenvalue weighted by Gasteiger charge is 2.35. The van der Waals surface area contributed by atoms with Gasteiger partial charge in [0.25, 0.3) is 0 Å². The number of unbranched alkanes of at least 4 members (excludes halogenated alkanes) is 2.